The third-order valence-electron chi connectivity index (χ3n) is 6.67. The van der Waals surface area contributed by atoms with Gasteiger partial charge in [0.2, 0.25) is 15.7 Å². The standard InChI is InChI=1S/C27H30N4O5S/c1-34-21-12-4-17(5-13-21)23-24-26(30-19-8-10-20(11-9-19)31-37(3,32)33)28-16-29-27(24)36-25(23)18-6-14-22(35-2)15-7-18/h4-7,12-16,19-20,31H,8-11H2,1-3H3,(H,28,29,30)/t19-,20-. The van der Waals surface area contributed by atoms with E-state index in [1.165, 1.54) is 12.6 Å². The molecule has 2 N–H and O–H groups in total. The maximum Gasteiger partial charge on any atom is 0.232 e. The average Bonchev–Trinajstić information content (AvgIpc) is 3.30. The van der Waals surface area contributed by atoms with Crippen LogP contribution in [0.2, 0.25) is 0 Å². The third-order valence-corrected chi connectivity index (χ3v) is 7.43. The maximum absolute atomic E-state index is 11.6. The summed E-state index contributed by atoms with van der Waals surface area (Å²) in [7, 11) is 0.0575. The van der Waals surface area contributed by atoms with Gasteiger partial charge in [0.15, 0.2) is 0 Å². The minimum atomic E-state index is -3.22. The molecular formula is C27H30N4O5S. The molecule has 0 saturated heterocycles. The molecule has 0 aliphatic heterocycles. The molecule has 2 aromatic heterocycles. The van der Waals surface area contributed by atoms with Crippen molar-refractivity contribution < 1.29 is 22.3 Å². The lowest BCUT2D eigenvalue weighted by molar-refractivity contribution is 0.387. The summed E-state index contributed by atoms with van der Waals surface area (Å²) in [5.74, 6) is 2.90. The van der Waals surface area contributed by atoms with Crippen LogP contribution < -0.4 is 19.5 Å². The second-order valence-corrected chi connectivity index (χ2v) is 11.0. The van der Waals surface area contributed by atoms with Gasteiger partial charge in [-0.05, 0) is 67.6 Å². The van der Waals surface area contributed by atoms with E-state index in [0.717, 1.165) is 59.3 Å². The van der Waals surface area contributed by atoms with Crippen LogP contribution >= 0.6 is 0 Å². The molecule has 2 heterocycles. The van der Waals surface area contributed by atoms with Crippen molar-refractivity contribution in [1.29, 1.82) is 0 Å². The van der Waals surface area contributed by atoms with E-state index in [1.54, 1.807) is 14.2 Å². The Balaban J connectivity index is 1.53. The number of benzene rings is 2. The molecule has 1 fully saturated rings. The quantitative estimate of drug-likeness (QED) is 0.338. The van der Waals surface area contributed by atoms with E-state index < -0.39 is 10.0 Å². The Kier molecular flexibility index (Phi) is 7.03. The Hall–Kier alpha value is -3.63. The second-order valence-electron chi connectivity index (χ2n) is 9.25. The van der Waals surface area contributed by atoms with E-state index in [0.29, 0.717) is 17.3 Å². The number of methoxy groups -OCH3 is 2. The molecule has 0 unspecified atom stereocenters. The molecule has 1 aliphatic rings. The van der Waals surface area contributed by atoms with E-state index in [-0.39, 0.29) is 12.1 Å². The van der Waals surface area contributed by atoms with Gasteiger partial charge >= 0.3 is 0 Å². The number of fused-ring (bicyclic) bond motifs is 1. The normalized spacial score (nSPS) is 18.0. The smallest absolute Gasteiger partial charge is 0.232 e. The number of rotatable bonds is 8. The van der Waals surface area contributed by atoms with Crippen molar-refractivity contribution in [3.63, 3.8) is 0 Å². The minimum Gasteiger partial charge on any atom is -0.497 e. The first-order valence-electron chi connectivity index (χ1n) is 12.1. The number of ether oxygens (including phenoxy) is 2. The zero-order valence-corrected chi connectivity index (χ0v) is 21.8. The van der Waals surface area contributed by atoms with E-state index >= 15 is 0 Å². The molecule has 4 aromatic rings. The molecule has 37 heavy (non-hydrogen) atoms. The van der Waals surface area contributed by atoms with Crippen LogP contribution in [-0.4, -0.2) is 50.9 Å². The third kappa shape index (κ3) is 5.55. The van der Waals surface area contributed by atoms with Crippen LogP contribution in [0.5, 0.6) is 11.5 Å². The van der Waals surface area contributed by atoms with Gasteiger partial charge in [-0.2, -0.15) is 0 Å². The van der Waals surface area contributed by atoms with Gasteiger partial charge in [0, 0.05) is 23.2 Å². The van der Waals surface area contributed by atoms with Crippen LogP contribution in [0.4, 0.5) is 5.82 Å². The van der Waals surface area contributed by atoms with E-state index in [4.69, 9.17) is 13.9 Å². The Morgan fingerprint density at radius 2 is 1.41 bits per heavy atom. The second kappa shape index (κ2) is 10.4. The summed E-state index contributed by atoms with van der Waals surface area (Å²) >= 11 is 0. The van der Waals surface area contributed by atoms with E-state index in [2.05, 4.69) is 20.0 Å². The summed E-state index contributed by atoms with van der Waals surface area (Å²) in [4.78, 5) is 9.04. The lowest BCUT2D eigenvalue weighted by Gasteiger charge is -2.29. The first kappa shape index (κ1) is 25.0. The zero-order chi connectivity index (χ0) is 26.0. The Morgan fingerprint density at radius 1 is 0.838 bits per heavy atom. The Bertz CT molecular complexity index is 1480. The van der Waals surface area contributed by atoms with Crippen molar-refractivity contribution in [2.45, 2.75) is 37.8 Å². The van der Waals surface area contributed by atoms with Crippen LogP contribution in [0, 0.1) is 0 Å². The summed E-state index contributed by atoms with van der Waals surface area (Å²) in [5, 5.41) is 4.39. The molecule has 194 valence electrons. The van der Waals surface area contributed by atoms with Gasteiger partial charge in [0.25, 0.3) is 0 Å². The van der Waals surface area contributed by atoms with Crippen molar-refractivity contribution in [2.24, 2.45) is 0 Å². The average molecular weight is 523 g/mol. The number of aromatic nitrogens is 2. The molecule has 5 rings (SSSR count). The van der Waals surface area contributed by atoms with Crippen LogP contribution in [0.3, 0.4) is 0 Å². The Morgan fingerprint density at radius 3 is 1.97 bits per heavy atom. The lowest BCUT2D eigenvalue weighted by atomic mass is 9.91. The van der Waals surface area contributed by atoms with Gasteiger partial charge in [0.1, 0.15) is 29.4 Å². The number of hydrogen-bond acceptors (Lipinski definition) is 8. The summed E-state index contributed by atoms with van der Waals surface area (Å²) in [6.45, 7) is 0. The maximum atomic E-state index is 11.6. The number of hydrogen-bond donors (Lipinski definition) is 2. The summed E-state index contributed by atoms with van der Waals surface area (Å²) in [6, 6.07) is 15.6. The van der Waals surface area contributed by atoms with Crippen molar-refractivity contribution in [3.05, 3.63) is 54.9 Å². The van der Waals surface area contributed by atoms with Gasteiger partial charge in [0.05, 0.1) is 25.9 Å². The van der Waals surface area contributed by atoms with Crippen LogP contribution in [0.15, 0.2) is 59.3 Å². The predicted octanol–water partition coefficient (Wildman–Crippen LogP) is 4.85. The fraction of sp³-hybridized carbons (Fsp3) is 0.333. The molecule has 1 saturated carbocycles. The molecule has 2 aromatic carbocycles. The number of furan rings is 1. The molecule has 0 spiro atoms. The van der Waals surface area contributed by atoms with E-state index in [1.807, 2.05) is 48.5 Å². The van der Waals surface area contributed by atoms with Gasteiger partial charge < -0.3 is 19.2 Å². The number of anilines is 1. The van der Waals surface area contributed by atoms with Crippen LogP contribution in [0.1, 0.15) is 25.7 Å². The minimum absolute atomic E-state index is 0.0380. The van der Waals surface area contributed by atoms with Crippen molar-refractivity contribution >= 4 is 26.9 Å². The fourth-order valence-corrected chi connectivity index (χ4v) is 5.71. The zero-order valence-electron chi connectivity index (χ0n) is 21.0. The molecule has 1 aliphatic carbocycles. The highest BCUT2D eigenvalue weighted by molar-refractivity contribution is 7.88. The number of nitrogens with zero attached hydrogens (tertiary/aromatic N) is 2. The number of nitrogens with one attached hydrogen (secondary N) is 2. The highest BCUT2D eigenvalue weighted by atomic mass is 32.2. The molecular weight excluding hydrogens is 492 g/mol. The fourth-order valence-electron chi connectivity index (χ4n) is 4.87. The predicted molar refractivity (Wildman–Crippen MR) is 143 cm³/mol. The first-order valence-corrected chi connectivity index (χ1v) is 14.0. The Labute approximate surface area is 216 Å². The molecule has 0 atom stereocenters. The van der Waals surface area contributed by atoms with Crippen molar-refractivity contribution in [2.75, 3.05) is 25.8 Å². The van der Waals surface area contributed by atoms with Crippen molar-refractivity contribution in [3.8, 4) is 33.9 Å². The lowest BCUT2D eigenvalue weighted by Crippen LogP contribution is -2.39. The van der Waals surface area contributed by atoms with Crippen LogP contribution in [0.25, 0.3) is 33.6 Å². The SMILES string of the molecule is COc1ccc(-c2oc3ncnc(N[C@H]4CC[C@H](NS(C)(=O)=O)CC4)c3c2-c2ccc(OC)cc2)cc1. The first-order chi connectivity index (χ1) is 17.8. The molecule has 0 bridgehead atoms. The summed E-state index contributed by atoms with van der Waals surface area (Å²) < 4.78 is 43.0. The van der Waals surface area contributed by atoms with Gasteiger partial charge in [-0.25, -0.2) is 23.1 Å². The molecule has 0 amide bonds. The summed E-state index contributed by atoms with van der Waals surface area (Å²) in [5.41, 5.74) is 3.21. The largest absolute Gasteiger partial charge is 0.497 e. The molecule has 0 radical (unpaired) electrons. The highest BCUT2D eigenvalue weighted by Gasteiger charge is 2.26. The highest BCUT2D eigenvalue weighted by Crippen LogP contribution is 2.43. The van der Waals surface area contributed by atoms with Crippen LogP contribution in [-0.2, 0) is 10.0 Å². The molecule has 10 heteroatoms. The van der Waals surface area contributed by atoms with E-state index in [9.17, 15) is 8.42 Å². The van der Waals surface area contributed by atoms with Gasteiger partial charge in [-0.3, -0.25) is 0 Å². The van der Waals surface area contributed by atoms with Gasteiger partial charge in [-0.1, -0.05) is 12.1 Å². The molecule has 9 nitrogen and oxygen atoms in total. The topological polar surface area (TPSA) is 116 Å². The van der Waals surface area contributed by atoms with Gasteiger partial charge in [-0.15, -0.1) is 0 Å². The van der Waals surface area contributed by atoms with Crippen molar-refractivity contribution in [1.82, 2.24) is 14.7 Å². The monoisotopic (exact) mass is 522 g/mol. The number of sulfonamides is 1. The summed E-state index contributed by atoms with van der Waals surface area (Å²) in [6.07, 6.45) is 5.86.